The maximum atomic E-state index is 13.0. The SMILES string of the molecule is O=C(c1cc(-c2ccc(F)cc2)c[nH]1)N1CCc2ncncc2C1. The highest BCUT2D eigenvalue weighted by Crippen LogP contribution is 2.23. The second kappa shape index (κ2) is 5.88. The number of H-pyrrole nitrogens is 1. The monoisotopic (exact) mass is 322 g/mol. The minimum Gasteiger partial charge on any atom is -0.357 e. The summed E-state index contributed by atoms with van der Waals surface area (Å²) in [6.45, 7) is 1.15. The summed E-state index contributed by atoms with van der Waals surface area (Å²) in [6, 6.07) is 8.01. The van der Waals surface area contributed by atoms with Gasteiger partial charge in [0.25, 0.3) is 5.91 Å². The van der Waals surface area contributed by atoms with Crippen molar-refractivity contribution >= 4 is 5.91 Å². The second-order valence-corrected chi connectivity index (χ2v) is 5.78. The van der Waals surface area contributed by atoms with Crippen LogP contribution in [0.4, 0.5) is 4.39 Å². The first kappa shape index (κ1) is 14.6. The number of amides is 1. The van der Waals surface area contributed by atoms with Gasteiger partial charge in [0.2, 0.25) is 0 Å². The van der Waals surface area contributed by atoms with Crippen molar-refractivity contribution in [3.63, 3.8) is 0 Å². The number of carbonyl (C=O) groups excluding carboxylic acids is 1. The number of hydrogen-bond donors (Lipinski definition) is 1. The third-order valence-electron chi connectivity index (χ3n) is 4.24. The largest absolute Gasteiger partial charge is 0.357 e. The summed E-state index contributed by atoms with van der Waals surface area (Å²) in [5.41, 5.74) is 4.24. The lowest BCUT2D eigenvalue weighted by molar-refractivity contribution is 0.0728. The lowest BCUT2D eigenvalue weighted by atomic mass is 10.1. The fourth-order valence-electron chi connectivity index (χ4n) is 2.94. The molecule has 0 radical (unpaired) electrons. The lowest BCUT2D eigenvalue weighted by Gasteiger charge is -2.27. The highest BCUT2D eigenvalue weighted by molar-refractivity contribution is 5.94. The molecular weight excluding hydrogens is 307 g/mol. The van der Waals surface area contributed by atoms with Crippen LogP contribution < -0.4 is 0 Å². The van der Waals surface area contributed by atoms with E-state index in [0.29, 0.717) is 18.8 Å². The first-order chi connectivity index (χ1) is 11.7. The number of benzene rings is 1. The molecule has 1 aliphatic rings. The van der Waals surface area contributed by atoms with Crippen LogP contribution in [0.3, 0.4) is 0 Å². The average molecular weight is 322 g/mol. The summed E-state index contributed by atoms with van der Waals surface area (Å²) in [5, 5.41) is 0. The first-order valence-electron chi connectivity index (χ1n) is 7.72. The number of nitrogens with one attached hydrogen (secondary N) is 1. The average Bonchev–Trinajstić information content (AvgIpc) is 3.11. The van der Waals surface area contributed by atoms with Crippen LogP contribution in [-0.2, 0) is 13.0 Å². The van der Waals surface area contributed by atoms with Crippen molar-refractivity contribution in [1.29, 1.82) is 0 Å². The summed E-state index contributed by atoms with van der Waals surface area (Å²) in [5.74, 6) is -0.336. The molecule has 0 spiro atoms. The molecule has 0 aliphatic carbocycles. The van der Waals surface area contributed by atoms with Crippen LogP contribution in [-0.4, -0.2) is 32.3 Å². The Morgan fingerprint density at radius 3 is 2.88 bits per heavy atom. The van der Waals surface area contributed by atoms with E-state index in [4.69, 9.17) is 0 Å². The van der Waals surface area contributed by atoms with Gasteiger partial charge in [0.05, 0.1) is 5.69 Å². The van der Waals surface area contributed by atoms with Gasteiger partial charge < -0.3 is 9.88 Å². The van der Waals surface area contributed by atoms with Crippen LogP contribution in [0.25, 0.3) is 11.1 Å². The molecule has 1 aliphatic heterocycles. The molecule has 6 heteroatoms. The fraction of sp³-hybridized carbons (Fsp3) is 0.167. The van der Waals surface area contributed by atoms with Gasteiger partial charge in [-0.1, -0.05) is 12.1 Å². The predicted molar refractivity (Wildman–Crippen MR) is 86.7 cm³/mol. The molecule has 1 aromatic carbocycles. The molecule has 3 aromatic rings. The molecule has 120 valence electrons. The van der Waals surface area contributed by atoms with Gasteiger partial charge in [-0.2, -0.15) is 0 Å². The normalized spacial score (nSPS) is 13.6. The highest BCUT2D eigenvalue weighted by Gasteiger charge is 2.23. The summed E-state index contributed by atoms with van der Waals surface area (Å²) in [7, 11) is 0. The number of aromatic nitrogens is 3. The van der Waals surface area contributed by atoms with Crippen molar-refractivity contribution in [3.05, 3.63) is 71.8 Å². The topological polar surface area (TPSA) is 61.9 Å². The Hall–Kier alpha value is -3.02. The van der Waals surface area contributed by atoms with Gasteiger partial charge in [-0.05, 0) is 29.3 Å². The second-order valence-electron chi connectivity index (χ2n) is 5.78. The Bertz CT molecular complexity index is 888. The van der Waals surface area contributed by atoms with Crippen LogP contribution in [0.2, 0.25) is 0 Å². The summed E-state index contributed by atoms with van der Waals surface area (Å²) < 4.78 is 13.0. The van der Waals surface area contributed by atoms with Crippen LogP contribution >= 0.6 is 0 Å². The molecule has 0 saturated heterocycles. The number of carbonyl (C=O) groups is 1. The van der Waals surface area contributed by atoms with Crippen molar-refractivity contribution in [2.75, 3.05) is 6.54 Å². The third kappa shape index (κ3) is 2.67. The van der Waals surface area contributed by atoms with Crippen LogP contribution in [0.15, 0.2) is 49.1 Å². The highest BCUT2D eigenvalue weighted by atomic mass is 19.1. The van der Waals surface area contributed by atoms with Crippen molar-refractivity contribution in [3.8, 4) is 11.1 Å². The summed E-state index contributed by atoms with van der Waals surface area (Å²) in [6.07, 6.45) is 5.80. The molecule has 0 fully saturated rings. The van der Waals surface area contributed by atoms with E-state index in [1.807, 2.05) is 0 Å². The van der Waals surface area contributed by atoms with E-state index < -0.39 is 0 Å². The Labute approximate surface area is 138 Å². The molecule has 2 aromatic heterocycles. The van der Waals surface area contributed by atoms with Gasteiger partial charge in [-0.15, -0.1) is 0 Å². The van der Waals surface area contributed by atoms with Gasteiger partial charge in [0, 0.05) is 37.5 Å². The number of aromatic amines is 1. The predicted octanol–water partition coefficient (Wildman–Crippen LogP) is 2.81. The Balaban J connectivity index is 1.55. The Morgan fingerprint density at radius 1 is 1.21 bits per heavy atom. The third-order valence-corrected chi connectivity index (χ3v) is 4.24. The van der Waals surface area contributed by atoms with Crippen LogP contribution in [0, 0.1) is 5.82 Å². The lowest BCUT2D eigenvalue weighted by Crippen LogP contribution is -2.36. The number of fused-ring (bicyclic) bond motifs is 1. The van der Waals surface area contributed by atoms with E-state index in [2.05, 4.69) is 15.0 Å². The van der Waals surface area contributed by atoms with E-state index in [0.717, 1.165) is 28.8 Å². The first-order valence-corrected chi connectivity index (χ1v) is 7.72. The number of nitrogens with zero attached hydrogens (tertiary/aromatic N) is 3. The molecule has 0 unspecified atom stereocenters. The minimum absolute atomic E-state index is 0.0575. The van der Waals surface area contributed by atoms with Crippen molar-refractivity contribution in [2.24, 2.45) is 0 Å². The minimum atomic E-state index is -0.278. The maximum absolute atomic E-state index is 13.0. The molecule has 0 bridgehead atoms. The zero-order valence-corrected chi connectivity index (χ0v) is 12.9. The molecule has 0 atom stereocenters. The molecule has 0 saturated carbocycles. The maximum Gasteiger partial charge on any atom is 0.270 e. The molecule has 4 rings (SSSR count). The van der Waals surface area contributed by atoms with E-state index in [9.17, 15) is 9.18 Å². The van der Waals surface area contributed by atoms with E-state index in [-0.39, 0.29) is 11.7 Å². The quantitative estimate of drug-likeness (QED) is 0.789. The van der Waals surface area contributed by atoms with Crippen molar-refractivity contribution in [1.82, 2.24) is 19.9 Å². The number of halogens is 1. The Morgan fingerprint density at radius 2 is 2.04 bits per heavy atom. The molecular formula is C18H15FN4O. The van der Waals surface area contributed by atoms with Gasteiger partial charge in [0.1, 0.15) is 17.8 Å². The van der Waals surface area contributed by atoms with Gasteiger partial charge in [0.15, 0.2) is 0 Å². The summed E-state index contributed by atoms with van der Waals surface area (Å²) >= 11 is 0. The van der Waals surface area contributed by atoms with Crippen LogP contribution in [0.5, 0.6) is 0 Å². The number of rotatable bonds is 2. The molecule has 1 amide bonds. The number of hydrogen-bond acceptors (Lipinski definition) is 3. The molecule has 1 N–H and O–H groups in total. The van der Waals surface area contributed by atoms with E-state index in [1.165, 1.54) is 18.5 Å². The van der Waals surface area contributed by atoms with Gasteiger partial charge in [-0.3, -0.25) is 4.79 Å². The molecule has 24 heavy (non-hydrogen) atoms. The van der Waals surface area contributed by atoms with E-state index in [1.54, 1.807) is 35.5 Å². The summed E-state index contributed by atoms with van der Waals surface area (Å²) in [4.78, 5) is 25.8. The standard InChI is InChI=1S/C18H15FN4O/c19-15-3-1-12(2-4-15)13-7-17(21-9-13)18(24)23-6-5-16-14(10-23)8-20-11-22-16/h1-4,7-9,11,21H,5-6,10H2. The Kier molecular flexibility index (Phi) is 3.57. The fourth-order valence-corrected chi connectivity index (χ4v) is 2.94. The zero-order chi connectivity index (χ0) is 16.5. The van der Waals surface area contributed by atoms with E-state index >= 15 is 0 Å². The zero-order valence-electron chi connectivity index (χ0n) is 12.9. The van der Waals surface area contributed by atoms with Crippen LogP contribution in [0.1, 0.15) is 21.7 Å². The van der Waals surface area contributed by atoms with Crippen molar-refractivity contribution in [2.45, 2.75) is 13.0 Å². The van der Waals surface area contributed by atoms with Crippen molar-refractivity contribution < 1.29 is 9.18 Å². The molecule has 3 heterocycles. The van der Waals surface area contributed by atoms with Gasteiger partial charge >= 0.3 is 0 Å². The van der Waals surface area contributed by atoms with Gasteiger partial charge in [-0.25, -0.2) is 14.4 Å². The smallest absolute Gasteiger partial charge is 0.270 e. The molecule has 5 nitrogen and oxygen atoms in total.